The van der Waals surface area contributed by atoms with Gasteiger partial charge in [-0.1, -0.05) is 0 Å². The fraction of sp³-hybridized carbons (Fsp3) is 0.167. The van der Waals surface area contributed by atoms with Crippen molar-refractivity contribution in [2.24, 2.45) is 0 Å². The molecule has 1 aromatic rings. The number of hydrogen-bond donors (Lipinski definition) is 1. The van der Waals surface area contributed by atoms with Gasteiger partial charge in [-0.05, 0) is 12.1 Å². The molecule has 0 aliphatic carbocycles. The fourth-order valence-electron chi connectivity index (χ4n) is 0.633. The van der Waals surface area contributed by atoms with Crippen molar-refractivity contribution in [1.29, 1.82) is 0 Å². The van der Waals surface area contributed by atoms with Crippen LogP contribution in [-0.2, 0) is 0 Å². The number of H-pyrrole nitrogens is 1. The standard InChI is InChI=1S/C6H4F3NO/c7-4-2-1-3(5(8)9)6(11)10-4/h1-2,5H,(H,10,11). The zero-order valence-corrected chi connectivity index (χ0v) is 5.27. The molecule has 2 nitrogen and oxygen atoms in total. The summed E-state index contributed by atoms with van der Waals surface area (Å²) in [7, 11) is 0. The van der Waals surface area contributed by atoms with Crippen LogP contribution in [0.5, 0.6) is 0 Å². The molecule has 60 valence electrons. The number of nitrogens with one attached hydrogen (secondary N) is 1. The lowest BCUT2D eigenvalue weighted by Crippen LogP contribution is -2.13. The topological polar surface area (TPSA) is 32.9 Å². The molecule has 0 atom stereocenters. The van der Waals surface area contributed by atoms with Gasteiger partial charge in [-0.2, -0.15) is 4.39 Å². The zero-order chi connectivity index (χ0) is 8.43. The highest BCUT2D eigenvalue weighted by Gasteiger charge is 2.11. The Morgan fingerprint density at radius 2 is 2.00 bits per heavy atom. The Labute approximate surface area is 59.7 Å². The molecule has 0 radical (unpaired) electrons. The summed E-state index contributed by atoms with van der Waals surface area (Å²) < 4.78 is 35.7. The molecule has 5 heteroatoms. The van der Waals surface area contributed by atoms with Crippen molar-refractivity contribution in [1.82, 2.24) is 4.98 Å². The predicted molar refractivity (Wildman–Crippen MR) is 32.0 cm³/mol. The van der Waals surface area contributed by atoms with E-state index in [9.17, 15) is 18.0 Å². The Morgan fingerprint density at radius 3 is 2.45 bits per heavy atom. The van der Waals surface area contributed by atoms with E-state index in [1.165, 1.54) is 0 Å². The maximum Gasteiger partial charge on any atom is 0.269 e. The van der Waals surface area contributed by atoms with Crippen LogP contribution >= 0.6 is 0 Å². The molecule has 0 amide bonds. The van der Waals surface area contributed by atoms with Gasteiger partial charge in [-0.15, -0.1) is 0 Å². The number of rotatable bonds is 1. The van der Waals surface area contributed by atoms with Gasteiger partial charge in [0.15, 0.2) is 5.95 Å². The number of pyridine rings is 1. The summed E-state index contributed by atoms with van der Waals surface area (Å²) in [5.74, 6) is -0.917. The maximum atomic E-state index is 12.1. The van der Waals surface area contributed by atoms with Crippen LogP contribution in [0.4, 0.5) is 13.2 Å². The Balaban J connectivity index is 3.21. The minimum atomic E-state index is -2.86. The van der Waals surface area contributed by atoms with Gasteiger partial charge in [0.25, 0.3) is 12.0 Å². The van der Waals surface area contributed by atoms with E-state index < -0.39 is 23.5 Å². The first-order valence-corrected chi connectivity index (χ1v) is 2.78. The smallest absolute Gasteiger partial charge is 0.269 e. The molecule has 11 heavy (non-hydrogen) atoms. The van der Waals surface area contributed by atoms with Crippen molar-refractivity contribution < 1.29 is 13.2 Å². The van der Waals surface area contributed by atoms with Gasteiger partial charge in [0.2, 0.25) is 0 Å². The molecule has 0 saturated carbocycles. The summed E-state index contributed by atoms with van der Waals surface area (Å²) in [6.45, 7) is 0. The molecule has 0 bridgehead atoms. The molecule has 0 aliphatic rings. The van der Waals surface area contributed by atoms with Crippen LogP contribution in [0.15, 0.2) is 16.9 Å². The molecule has 0 aromatic carbocycles. The molecular weight excluding hydrogens is 159 g/mol. The van der Waals surface area contributed by atoms with E-state index in [0.29, 0.717) is 0 Å². The lowest BCUT2D eigenvalue weighted by molar-refractivity contribution is 0.149. The maximum absolute atomic E-state index is 12.1. The Bertz CT molecular complexity index is 307. The van der Waals surface area contributed by atoms with Gasteiger partial charge >= 0.3 is 0 Å². The SMILES string of the molecule is O=c1[nH]c(F)ccc1C(F)F. The Hall–Kier alpha value is -1.26. The fourth-order valence-corrected chi connectivity index (χ4v) is 0.633. The first-order chi connectivity index (χ1) is 5.11. The molecule has 0 saturated heterocycles. The van der Waals surface area contributed by atoms with Gasteiger partial charge in [-0.25, -0.2) is 8.78 Å². The molecule has 0 aliphatic heterocycles. The minimum Gasteiger partial charge on any atom is -0.298 e. The number of alkyl halides is 2. The summed E-state index contributed by atoms with van der Waals surface area (Å²) in [5, 5.41) is 0. The average molecular weight is 163 g/mol. The molecular formula is C6H4F3NO. The van der Waals surface area contributed by atoms with E-state index in [-0.39, 0.29) is 0 Å². The van der Waals surface area contributed by atoms with Gasteiger partial charge in [-0.3, -0.25) is 9.78 Å². The van der Waals surface area contributed by atoms with Crippen LogP contribution < -0.4 is 5.56 Å². The Morgan fingerprint density at radius 1 is 1.36 bits per heavy atom. The van der Waals surface area contributed by atoms with Crippen molar-refractivity contribution >= 4 is 0 Å². The van der Waals surface area contributed by atoms with Crippen molar-refractivity contribution in [3.63, 3.8) is 0 Å². The van der Waals surface area contributed by atoms with Gasteiger partial charge in [0, 0.05) is 0 Å². The average Bonchev–Trinajstić information content (AvgIpc) is 1.85. The van der Waals surface area contributed by atoms with E-state index in [1.807, 2.05) is 0 Å². The molecule has 0 fully saturated rings. The molecule has 1 N–H and O–H groups in total. The van der Waals surface area contributed by atoms with Crippen molar-refractivity contribution in [2.45, 2.75) is 6.43 Å². The predicted octanol–water partition coefficient (Wildman–Crippen LogP) is 1.45. The van der Waals surface area contributed by atoms with Crippen LogP contribution in [0.25, 0.3) is 0 Å². The quantitative estimate of drug-likeness (QED) is 0.624. The third kappa shape index (κ3) is 1.60. The number of aromatic amines is 1. The molecule has 1 aromatic heterocycles. The van der Waals surface area contributed by atoms with Crippen LogP contribution in [0.3, 0.4) is 0 Å². The highest BCUT2D eigenvalue weighted by Crippen LogP contribution is 2.13. The molecule has 0 spiro atoms. The lowest BCUT2D eigenvalue weighted by Gasteiger charge is -1.95. The zero-order valence-electron chi connectivity index (χ0n) is 5.27. The van der Waals surface area contributed by atoms with E-state index >= 15 is 0 Å². The molecule has 0 unspecified atom stereocenters. The van der Waals surface area contributed by atoms with Gasteiger partial charge in [0.05, 0.1) is 5.56 Å². The largest absolute Gasteiger partial charge is 0.298 e. The van der Waals surface area contributed by atoms with Crippen molar-refractivity contribution in [2.75, 3.05) is 0 Å². The van der Waals surface area contributed by atoms with Gasteiger partial charge in [0.1, 0.15) is 0 Å². The van der Waals surface area contributed by atoms with Gasteiger partial charge < -0.3 is 0 Å². The third-order valence-electron chi connectivity index (χ3n) is 1.14. The second-order valence-electron chi connectivity index (χ2n) is 1.89. The van der Waals surface area contributed by atoms with E-state index in [1.54, 1.807) is 4.98 Å². The number of hydrogen-bond acceptors (Lipinski definition) is 1. The monoisotopic (exact) mass is 163 g/mol. The van der Waals surface area contributed by atoms with Crippen LogP contribution in [-0.4, -0.2) is 4.98 Å². The van der Waals surface area contributed by atoms with E-state index in [0.717, 1.165) is 12.1 Å². The lowest BCUT2D eigenvalue weighted by atomic mass is 10.3. The summed E-state index contributed by atoms with van der Waals surface area (Å²) in [4.78, 5) is 12.1. The first kappa shape index (κ1) is 7.84. The van der Waals surface area contributed by atoms with E-state index in [4.69, 9.17) is 0 Å². The van der Waals surface area contributed by atoms with Crippen molar-refractivity contribution in [3.05, 3.63) is 34.0 Å². The van der Waals surface area contributed by atoms with Crippen molar-refractivity contribution in [3.8, 4) is 0 Å². The highest BCUT2D eigenvalue weighted by molar-refractivity contribution is 5.10. The number of aromatic nitrogens is 1. The number of halogens is 3. The second kappa shape index (κ2) is 2.77. The summed E-state index contributed by atoms with van der Waals surface area (Å²) in [5.41, 5.74) is -1.80. The second-order valence-corrected chi connectivity index (χ2v) is 1.89. The Kier molecular flexibility index (Phi) is 1.98. The minimum absolute atomic E-state index is 0.716. The van der Waals surface area contributed by atoms with E-state index in [2.05, 4.69) is 0 Å². The molecule has 1 heterocycles. The third-order valence-corrected chi connectivity index (χ3v) is 1.14. The van der Waals surface area contributed by atoms with Crippen LogP contribution in [0, 0.1) is 5.95 Å². The summed E-state index contributed by atoms with van der Waals surface area (Å²) in [6, 6.07) is 1.54. The highest BCUT2D eigenvalue weighted by atomic mass is 19.3. The summed E-state index contributed by atoms with van der Waals surface area (Å²) in [6.07, 6.45) is -2.86. The van der Waals surface area contributed by atoms with Crippen LogP contribution in [0.1, 0.15) is 12.0 Å². The molecule has 1 rings (SSSR count). The van der Waals surface area contributed by atoms with Crippen LogP contribution in [0.2, 0.25) is 0 Å². The first-order valence-electron chi connectivity index (χ1n) is 2.78. The normalized spacial score (nSPS) is 10.5. The summed E-state index contributed by atoms with van der Waals surface area (Å²) >= 11 is 0.